The van der Waals surface area contributed by atoms with Gasteiger partial charge in [0.05, 0.1) is 31.6 Å². The Morgan fingerprint density at radius 1 is 1.25 bits per heavy atom. The first-order valence-corrected chi connectivity index (χ1v) is 10.2. The molecule has 0 fully saturated rings. The van der Waals surface area contributed by atoms with E-state index >= 15 is 0 Å². The van der Waals surface area contributed by atoms with Crippen molar-refractivity contribution in [1.29, 1.82) is 0 Å². The molecular formula is C23H23F2N3O4. The molecule has 2 heterocycles. The van der Waals surface area contributed by atoms with Gasteiger partial charge in [0.2, 0.25) is 5.88 Å². The molecule has 0 radical (unpaired) electrons. The number of halogens is 2. The van der Waals surface area contributed by atoms with E-state index < -0.39 is 23.8 Å². The Bertz CT molecular complexity index is 1130. The van der Waals surface area contributed by atoms with E-state index in [0.717, 1.165) is 23.3 Å². The highest BCUT2D eigenvalue weighted by Crippen LogP contribution is 2.36. The van der Waals surface area contributed by atoms with Crippen molar-refractivity contribution in [3.8, 4) is 5.88 Å². The predicted molar refractivity (Wildman–Crippen MR) is 113 cm³/mol. The smallest absolute Gasteiger partial charge is 0.405 e. The molecule has 1 aliphatic rings. The van der Waals surface area contributed by atoms with E-state index in [1.165, 1.54) is 0 Å². The van der Waals surface area contributed by atoms with Gasteiger partial charge in [-0.3, -0.25) is 0 Å². The molecule has 2 unspecified atom stereocenters. The first-order valence-electron chi connectivity index (χ1n) is 10.2. The Labute approximate surface area is 183 Å². The Kier molecular flexibility index (Phi) is 6.48. The quantitative estimate of drug-likeness (QED) is 0.575. The number of aromatic nitrogens is 1. The van der Waals surface area contributed by atoms with Crippen LogP contribution in [0.3, 0.4) is 0 Å². The van der Waals surface area contributed by atoms with Gasteiger partial charge in [-0.25, -0.2) is 18.6 Å². The van der Waals surface area contributed by atoms with Gasteiger partial charge in [0.1, 0.15) is 6.10 Å². The van der Waals surface area contributed by atoms with E-state index in [1.807, 2.05) is 30.3 Å². The van der Waals surface area contributed by atoms with Gasteiger partial charge in [-0.05, 0) is 30.1 Å². The standard InChI is InChI=1S/C23H23F2N3O4/c1-27-18-11-30-12-19-21(18)14-9-16(24)17(25)10-15(14)22(28-19)31-8-7-20(32-23(26)29)13-5-3-2-4-6-13/h2-6,9-10,18,20,27H,7-8,11-12H2,1H3,(H2,26,29). The summed E-state index contributed by atoms with van der Waals surface area (Å²) in [7, 11) is 1.77. The number of nitrogens with zero attached hydrogens (tertiary/aromatic N) is 1. The van der Waals surface area contributed by atoms with Gasteiger partial charge in [0.25, 0.3) is 0 Å². The van der Waals surface area contributed by atoms with E-state index in [9.17, 15) is 13.6 Å². The highest BCUT2D eigenvalue weighted by molar-refractivity contribution is 5.91. The lowest BCUT2D eigenvalue weighted by Crippen LogP contribution is -2.28. The number of primary amides is 1. The molecule has 0 bridgehead atoms. The van der Waals surface area contributed by atoms with E-state index in [4.69, 9.17) is 19.9 Å². The van der Waals surface area contributed by atoms with Crippen LogP contribution in [0.25, 0.3) is 10.8 Å². The molecule has 0 saturated carbocycles. The summed E-state index contributed by atoms with van der Waals surface area (Å²) in [5.41, 5.74) is 7.33. The molecule has 32 heavy (non-hydrogen) atoms. The average molecular weight is 443 g/mol. The summed E-state index contributed by atoms with van der Waals surface area (Å²) in [6.07, 6.45) is -1.24. The van der Waals surface area contributed by atoms with E-state index in [2.05, 4.69) is 10.3 Å². The zero-order valence-electron chi connectivity index (χ0n) is 17.4. The molecule has 0 aliphatic carbocycles. The second-order valence-electron chi connectivity index (χ2n) is 7.42. The molecule has 2 atom stereocenters. The van der Waals surface area contributed by atoms with Crippen molar-refractivity contribution in [1.82, 2.24) is 10.3 Å². The molecule has 0 saturated heterocycles. The fourth-order valence-corrected chi connectivity index (χ4v) is 3.90. The first-order chi connectivity index (χ1) is 15.5. The fourth-order valence-electron chi connectivity index (χ4n) is 3.90. The number of nitrogens with two attached hydrogens (primary N) is 1. The van der Waals surface area contributed by atoms with Crippen molar-refractivity contribution in [3.05, 3.63) is 70.9 Å². The van der Waals surface area contributed by atoms with Crippen LogP contribution in [-0.4, -0.2) is 31.3 Å². The second kappa shape index (κ2) is 9.46. The summed E-state index contributed by atoms with van der Waals surface area (Å²) >= 11 is 0. The van der Waals surface area contributed by atoms with Crippen LogP contribution in [-0.2, 0) is 16.1 Å². The molecule has 1 aliphatic heterocycles. The third-order valence-corrected chi connectivity index (χ3v) is 5.40. The third-order valence-electron chi connectivity index (χ3n) is 5.40. The first kappa shape index (κ1) is 21.9. The molecule has 3 aromatic rings. The fraction of sp³-hybridized carbons (Fsp3) is 0.304. The summed E-state index contributed by atoms with van der Waals surface area (Å²) in [6.45, 7) is 0.724. The molecule has 2 aromatic carbocycles. The number of amides is 1. The van der Waals surface area contributed by atoms with Crippen LogP contribution in [0.2, 0.25) is 0 Å². The van der Waals surface area contributed by atoms with Crippen LogP contribution in [0, 0.1) is 11.6 Å². The lowest BCUT2D eigenvalue weighted by Gasteiger charge is -2.27. The molecule has 168 valence electrons. The zero-order valence-corrected chi connectivity index (χ0v) is 17.4. The van der Waals surface area contributed by atoms with Gasteiger partial charge in [-0.15, -0.1) is 0 Å². The lowest BCUT2D eigenvalue weighted by atomic mass is 9.96. The molecule has 0 spiro atoms. The van der Waals surface area contributed by atoms with E-state index in [1.54, 1.807) is 7.05 Å². The van der Waals surface area contributed by atoms with Crippen molar-refractivity contribution < 1.29 is 27.8 Å². The third kappa shape index (κ3) is 4.49. The van der Waals surface area contributed by atoms with Gasteiger partial charge < -0.3 is 25.3 Å². The number of rotatable bonds is 7. The van der Waals surface area contributed by atoms with Crippen LogP contribution < -0.4 is 15.8 Å². The maximum absolute atomic E-state index is 14.1. The summed E-state index contributed by atoms with van der Waals surface area (Å²) in [6, 6.07) is 11.2. The van der Waals surface area contributed by atoms with Crippen molar-refractivity contribution in [2.24, 2.45) is 5.73 Å². The number of benzene rings is 2. The number of fused-ring (bicyclic) bond motifs is 3. The zero-order chi connectivity index (χ0) is 22.7. The highest BCUT2D eigenvalue weighted by atomic mass is 19.2. The van der Waals surface area contributed by atoms with Crippen LogP contribution in [0.4, 0.5) is 13.6 Å². The lowest BCUT2D eigenvalue weighted by molar-refractivity contribution is 0.0803. The van der Waals surface area contributed by atoms with Crippen LogP contribution in [0.1, 0.15) is 35.4 Å². The Hall–Kier alpha value is -3.30. The Morgan fingerprint density at radius 3 is 2.66 bits per heavy atom. The minimum absolute atomic E-state index is 0.100. The summed E-state index contributed by atoms with van der Waals surface area (Å²) in [4.78, 5) is 15.9. The van der Waals surface area contributed by atoms with Gasteiger partial charge in [0, 0.05) is 17.4 Å². The Balaban J connectivity index is 1.64. The summed E-state index contributed by atoms with van der Waals surface area (Å²) in [5, 5.41) is 3.99. The normalized spacial score (nSPS) is 16.4. The minimum atomic E-state index is -0.989. The van der Waals surface area contributed by atoms with Gasteiger partial charge in [-0.2, -0.15) is 0 Å². The number of pyridine rings is 1. The monoisotopic (exact) mass is 443 g/mol. The molecule has 7 nitrogen and oxygen atoms in total. The number of carbonyl (C=O) groups is 1. The predicted octanol–water partition coefficient (Wildman–Crippen LogP) is 3.91. The summed E-state index contributed by atoms with van der Waals surface area (Å²) < 4.78 is 44.9. The number of hydrogen-bond acceptors (Lipinski definition) is 6. The number of likely N-dealkylation sites (N-methyl/N-ethyl adjacent to an activating group) is 1. The Morgan fingerprint density at radius 2 is 1.97 bits per heavy atom. The SMILES string of the molecule is CNC1COCc2nc(OCCC(OC(N)=O)c3ccccc3)c3cc(F)c(F)cc3c21. The molecule has 9 heteroatoms. The van der Waals surface area contributed by atoms with Crippen LogP contribution in [0.5, 0.6) is 5.88 Å². The molecular weight excluding hydrogens is 420 g/mol. The number of carbonyl (C=O) groups excluding carboxylic acids is 1. The second-order valence-corrected chi connectivity index (χ2v) is 7.42. The maximum atomic E-state index is 14.1. The molecule has 1 aromatic heterocycles. The highest BCUT2D eigenvalue weighted by Gasteiger charge is 2.27. The van der Waals surface area contributed by atoms with Crippen LogP contribution in [0.15, 0.2) is 42.5 Å². The number of nitrogens with one attached hydrogen (secondary N) is 1. The number of ether oxygens (including phenoxy) is 3. The number of hydrogen-bond donors (Lipinski definition) is 2. The van der Waals surface area contributed by atoms with Crippen LogP contribution >= 0.6 is 0 Å². The molecule has 3 N–H and O–H groups in total. The van der Waals surface area contributed by atoms with Crippen molar-refractivity contribution >= 4 is 16.9 Å². The maximum Gasteiger partial charge on any atom is 0.405 e. The van der Waals surface area contributed by atoms with Gasteiger partial charge in [0.15, 0.2) is 11.6 Å². The molecule has 4 rings (SSSR count). The van der Waals surface area contributed by atoms with Gasteiger partial charge in [-0.1, -0.05) is 30.3 Å². The largest absolute Gasteiger partial charge is 0.477 e. The van der Waals surface area contributed by atoms with E-state index in [0.29, 0.717) is 23.1 Å². The topological polar surface area (TPSA) is 95.7 Å². The van der Waals surface area contributed by atoms with Crippen molar-refractivity contribution in [2.75, 3.05) is 20.3 Å². The van der Waals surface area contributed by atoms with Crippen molar-refractivity contribution in [3.63, 3.8) is 0 Å². The average Bonchev–Trinajstić information content (AvgIpc) is 2.79. The van der Waals surface area contributed by atoms with E-state index in [-0.39, 0.29) is 31.6 Å². The summed E-state index contributed by atoms with van der Waals surface area (Å²) in [5.74, 6) is -1.78. The van der Waals surface area contributed by atoms with Crippen molar-refractivity contribution in [2.45, 2.75) is 25.2 Å². The van der Waals surface area contributed by atoms with Gasteiger partial charge >= 0.3 is 6.09 Å². The molecule has 1 amide bonds. The minimum Gasteiger partial charge on any atom is -0.477 e.